The zero-order chi connectivity index (χ0) is 12.7. The van der Waals surface area contributed by atoms with E-state index in [2.05, 4.69) is 19.2 Å². The first-order chi connectivity index (χ1) is 8.58. The molecule has 1 saturated carbocycles. The van der Waals surface area contributed by atoms with Crippen molar-refractivity contribution in [1.29, 1.82) is 0 Å². The molecule has 0 bridgehead atoms. The van der Waals surface area contributed by atoms with Crippen LogP contribution in [0.3, 0.4) is 0 Å². The average molecular weight is 253 g/mol. The van der Waals surface area contributed by atoms with Crippen molar-refractivity contribution in [3.05, 3.63) is 0 Å². The summed E-state index contributed by atoms with van der Waals surface area (Å²) in [5.74, 6) is 0. The van der Waals surface area contributed by atoms with Gasteiger partial charge in [0, 0.05) is 18.6 Å². The van der Waals surface area contributed by atoms with Crippen LogP contribution in [0.5, 0.6) is 0 Å². The summed E-state index contributed by atoms with van der Waals surface area (Å²) in [7, 11) is 0. The first-order valence-corrected chi connectivity index (χ1v) is 7.61. The molecule has 1 aliphatic carbocycles. The Morgan fingerprint density at radius 2 is 1.72 bits per heavy atom. The second kappa shape index (κ2) is 4.46. The van der Waals surface area contributed by atoms with Crippen molar-refractivity contribution in [3.8, 4) is 0 Å². The normalized spacial score (nSPS) is 39.0. The summed E-state index contributed by atoms with van der Waals surface area (Å²) in [5.41, 5.74) is 0.0540. The van der Waals surface area contributed by atoms with Crippen LogP contribution in [0.1, 0.15) is 58.8 Å². The summed E-state index contributed by atoms with van der Waals surface area (Å²) in [4.78, 5) is 0. The van der Waals surface area contributed by atoms with E-state index in [4.69, 9.17) is 9.47 Å². The molecule has 1 unspecified atom stereocenters. The van der Waals surface area contributed by atoms with Gasteiger partial charge in [0.05, 0.1) is 6.61 Å². The molecule has 2 aliphatic heterocycles. The largest absolute Gasteiger partial charge is 0.378 e. The highest BCUT2D eigenvalue weighted by molar-refractivity contribution is 5.05. The van der Waals surface area contributed by atoms with E-state index in [9.17, 15) is 0 Å². The highest BCUT2D eigenvalue weighted by Crippen LogP contribution is 2.48. The zero-order valence-corrected chi connectivity index (χ0v) is 11.9. The fourth-order valence-electron chi connectivity index (χ4n) is 3.88. The monoisotopic (exact) mass is 253 g/mol. The van der Waals surface area contributed by atoms with Gasteiger partial charge < -0.3 is 9.47 Å². The van der Waals surface area contributed by atoms with Gasteiger partial charge in [-0.1, -0.05) is 20.3 Å². The summed E-state index contributed by atoms with van der Waals surface area (Å²) in [6.07, 6.45) is 8.59. The van der Waals surface area contributed by atoms with E-state index in [1.54, 1.807) is 0 Å². The SMILES string of the molecule is CC1(C)CNC2(CCCCC2)OC12CCCOC2. The minimum atomic E-state index is -0.0617. The molecule has 0 amide bonds. The Balaban J connectivity index is 1.84. The van der Waals surface area contributed by atoms with Crippen molar-refractivity contribution < 1.29 is 9.47 Å². The van der Waals surface area contributed by atoms with Gasteiger partial charge in [-0.2, -0.15) is 0 Å². The number of hydrogen-bond donors (Lipinski definition) is 1. The van der Waals surface area contributed by atoms with Gasteiger partial charge in [-0.05, 0) is 38.5 Å². The number of rotatable bonds is 0. The molecular formula is C15H27NO2. The second-order valence-electron chi connectivity index (χ2n) is 7.04. The minimum Gasteiger partial charge on any atom is -0.378 e. The third kappa shape index (κ3) is 2.00. The van der Waals surface area contributed by atoms with Crippen LogP contribution in [0.15, 0.2) is 0 Å². The van der Waals surface area contributed by atoms with Crippen LogP contribution in [0, 0.1) is 5.41 Å². The molecule has 1 N–H and O–H groups in total. The highest BCUT2D eigenvalue weighted by Gasteiger charge is 2.56. The molecular weight excluding hydrogens is 226 g/mol. The summed E-state index contributed by atoms with van der Waals surface area (Å²) in [6, 6.07) is 0. The van der Waals surface area contributed by atoms with Crippen molar-refractivity contribution >= 4 is 0 Å². The molecule has 0 aromatic carbocycles. The lowest BCUT2D eigenvalue weighted by atomic mass is 9.69. The Bertz CT molecular complexity index is 302. The molecule has 104 valence electrons. The van der Waals surface area contributed by atoms with E-state index in [1.807, 2.05) is 0 Å². The number of ether oxygens (including phenoxy) is 2. The molecule has 0 radical (unpaired) electrons. The smallest absolute Gasteiger partial charge is 0.120 e. The van der Waals surface area contributed by atoms with Gasteiger partial charge in [0.1, 0.15) is 11.3 Å². The van der Waals surface area contributed by atoms with Crippen molar-refractivity contribution in [2.75, 3.05) is 19.8 Å². The lowest BCUT2D eigenvalue weighted by Crippen LogP contribution is -2.70. The molecule has 3 aliphatic rings. The van der Waals surface area contributed by atoms with E-state index in [0.717, 1.165) is 32.6 Å². The first-order valence-electron chi connectivity index (χ1n) is 7.61. The maximum Gasteiger partial charge on any atom is 0.120 e. The number of hydrogen-bond acceptors (Lipinski definition) is 3. The van der Waals surface area contributed by atoms with E-state index >= 15 is 0 Å². The lowest BCUT2D eigenvalue weighted by molar-refractivity contribution is -0.289. The van der Waals surface area contributed by atoms with E-state index in [-0.39, 0.29) is 16.7 Å². The minimum absolute atomic E-state index is 0.0472. The maximum atomic E-state index is 6.72. The quantitative estimate of drug-likeness (QED) is 0.720. The van der Waals surface area contributed by atoms with Gasteiger partial charge >= 0.3 is 0 Å². The van der Waals surface area contributed by atoms with Gasteiger partial charge in [-0.25, -0.2) is 0 Å². The van der Waals surface area contributed by atoms with Crippen molar-refractivity contribution in [1.82, 2.24) is 5.32 Å². The molecule has 2 spiro atoms. The lowest BCUT2D eigenvalue weighted by Gasteiger charge is -2.59. The summed E-state index contributed by atoms with van der Waals surface area (Å²) < 4.78 is 12.5. The second-order valence-corrected chi connectivity index (χ2v) is 7.04. The Morgan fingerprint density at radius 1 is 0.944 bits per heavy atom. The topological polar surface area (TPSA) is 30.5 Å². The van der Waals surface area contributed by atoms with Gasteiger partial charge in [0.25, 0.3) is 0 Å². The van der Waals surface area contributed by atoms with Crippen LogP contribution >= 0.6 is 0 Å². The van der Waals surface area contributed by atoms with Gasteiger partial charge in [-0.3, -0.25) is 5.32 Å². The zero-order valence-electron chi connectivity index (χ0n) is 11.9. The Kier molecular flexibility index (Phi) is 3.20. The van der Waals surface area contributed by atoms with Crippen molar-refractivity contribution in [2.24, 2.45) is 5.41 Å². The molecule has 0 aromatic rings. The summed E-state index contributed by atoms with van der Waals surface area (Å²) in [6.45, 7) is 7.39. The summed E-state index contributed by atoms with van der Waals surface area (Å²) >= 11 is 0. The van der Waals surface area contributed by atoms with Crippen molar-refractivity contribution in [3.63, 3.8) is 0 Å². The third-order valence-corrected chi connectivity index (χ3v) is 5.34. The Morgan fingerprint density at radius 3 is 2.39 bits per heavy atom. The molecule has 3 heteroatoms. The van der Waals surface area contributed by atoms with Gasteiger partial charge in [0.15, 0.2) is 0 Å². The molecule has 3 rings (SSSR count). The number of nitrogens with one attached hydrogen (secondary N) is 1. The van der Waals surface area contributed by atoms with E-state index in [1.165, 1.54) is 32.1 Å². The average Bonchev–Trinajstić information content (AvgIpc) is 2.38. The van der Waals surface area contributed by atoms with E-state index < -0.39 is 0 Å². The van der Waals surface area contributed by atoms with Crippen LogP contribution in [0.25, 0.3) is 0 Å². The fourth-order valence-corrected chi connectivity index (χ4v) is 3.88. The molecule has 3 nitrogen and oxygen atoms in total. The summed E-state index contributed by atoms with van der Waals surface area (Å²) in [5, 5.41) is 3.72. The van der Waals surface area contributed by atoms with Crippen LogP contribution in [-0.4, -0.2) is 31.1 Å². The highest BCUT2D eigenvalue weighted by atomic mass is 16.6. The van der Waals surface area contributed by atoms with Crippen LogP contribution < -0.4 is 5.32 Å². The van der Waals surface area contributed by atoms with Crippen LogP contribution in [0.4, 0.5) is 0 Å². The molecule has 0 aromatic heterocycles. The van der Waals surface area contributed by atoms with Crippen LogP contribution in [0.2, 0.25) is 0 Å². The maximum absolute atomic E-state index is 6.72. The van der Waals surface area contributed by atoms with Gasteiger partial charge in [0.2, 0.25) is 0 Å². The van der Waals surface area contributed by atoms with E-state index in [0.29, 0.717) is 0 Å². The molecule has 2 heterocycles. The molecule has 2 saturated heterocycles. The molecule has 18 heavy (non-hydrogen) atoms. The third-order valence-electron chi connectivity index (χ3n) is 5.34. The van der Waals surface area contributed by atoms with Gasteiger partial charge in [-0.15, -0.1) is 0 Å². The first kappa shape index (κ1) is 12.9. The van der Waals surface area contributed by atoms with Crippen LogP contribution in [-0.2, 0) is 9.47 Å². The van der Waals surface area contributed by atoms with Crippen molar-refractivity contribution in [2.45, 2.75) is 70.1 Å². The molecule has 3 fully saturated rings. The molecule has 1 atom stereocenters. The fraction of sp³-hybridized carbons (Fsp3) is 1.00. The Labute approximate surface area is 111 Å². The predicted molar refractivity (Wildman–Crippen MR) is 71.5 cm³/mol. The standard InChI is InChI=1S/C15H27NO2/c1-13(2)11-16-15(8-4-3-5-9-15)18-14(13)7-6-10-17-12-14/h16H,3-12H2,1-2H3. The predicted octanol–water partition coefficient (Wildman–Crippen LogP) is 2.84. The Hall–Kier alpha value is -0.120.